The van der Waals surface area contributed by atoms with Gasteiger partial charge in [0.25, 0.3) is 0 Å². The maximum atomic E-state index is 11.8. The molecule has 0 fully saturated rings. The zero-order valence-corrected chi connectivity index (χ0v) is 12.4. The Morgan fingerprint density at radius 1 is 0.545 bits per heavy atom. The van der Waals surface area contributed by atoms with Gasteiger partial charge in [0.05, 0.1) is 0 Å². The lowest BCUT2D eigenvalue weighted by Gasteiger charge is -2.53. The SMILES string of the molecule is CC12c3ccccc3C(O)(c3ccccc31)c1ccccc12. The van der Waals surface area contributed by atoms with E-state index in [1.165, 1.54) is 16.7 Å². The van der Waals surface area contributed by atoms with E-state index >= 15 is 0 Å². The maximum Gasteiger partial charge on any atom is 0.141 e. The van der Waals surface area contributed by atoms with Gasteiger partial charge in [-0.15, -0.1) is 0 Å². The minimum atomic E-state index is -1.04. The number of benzene rings is 3. The quantitative estimate of drug-likeness (QED) is 0.662. The largest absolute Gasteiger partial charge is 0.376 e. The Labute approximate surface area is 129 Å². The monoisotopic (exact) mass is 284 g/mol. The van der Waals surface area contributed by atoms with Gasteiger partial charge in [0, 0.05) is 5.41 Å². The number of rotatable bonds is 0. The highest BCUT2D eigenvalue weighted by molar-refractivity contribution is 5.73. The van der Waals surface area contributed by atoms with Crippen LogP contribution in [-0.4, -0.2) is 5.11 Å². The third kappa shape index (κ3) is 1.10. The molecule has 3 aromatic carbocycles. The molecule has 0 unspecified atom stereocenters. The third-order valence-corrected chi connectivity index (χ3v) is 5.57. The van der Waals surface area contributed by atoms with Crippen LogP contribution in [0.1, 0.15) is 40.3 Å². The molecule has 0 saturated carbocycles. The van der Waals surface area contributed by atoms with Crippen LogP contribution in [0.3, 0.4) is 0 Å². The van der Waals surface area contributed by atoms with Gasteiger partial charge < -0.3 is 5.11 Å². The van der Waals surface area contributed by atoms with Gasteiger partial charge in [-0.05, 0) is 40.3 Å². The topological polar surface area (TPSA) is 20.2 Å². The van der Waals surface area contributed by atoms with Gasteiger partial charge in [-0.25, -0.2) is 0 Å². The van der Waals surface area contributed by atoms with Crippen LogP contribution < -0.4 is 0 Å². The standard InChI is InChI=1S/C21H16O/c1-20-14-8-2-5-11-17(14)21(22,18-12-6-3-9-15(18)20)19-13-7-4-10-16(19)20/h2-13,22H,1H3. The van der Waals surface area contributed by atoms with E-state index in [4.69, 9.17) is 0 Å². The average Bonchev–Trinajstić information content (AvgIpc) is 2.59. The van der Waals surface area contributed by atoms with E-state index in [0.717, 1.165) is 16.7 Å². The Balaban J connectivity index is 2.05. The predicted octanol–water partition coefficient (Wildman–Crippen LogP) is 3.95. The number of hydrogen-bond acceptors (Lipinski definition) is 1. The van der Waals surface area contributed by atoms with Crippen molar-refractivity contribution < 1.29 is 5.11 Å². The summed E-state index contributed by atoms with van der Waals surface area (Å²) in [5, 5.41) is 11.8. The molecule has 1 N–H and O–H groups in total. The van der Waals surface area contributed by atoms with Crippen molar-refractivity contribution in [2.75, 3.05) is 0 Å². The van der Waals surface area contributed by atoms with Crippen molar-refractivity contribution in [1.29, 1.82) is 0 Å². The summed E-state index contributed by atoms with van der Waals surface area (Å²) in [7, 11) is 0. The second kappa shape index (κ2) is 3.68. The van der Waals surface area contributed by atoms with E-state index in [0.29, 0.717) is 0 Å². The highest BCUT2D eigenvalue weighted by Crippen LogP contribution is 2.60. The molecule has 2 bridgehead atoms. The summed E-state index contributed by atoms with van der Waals surface area (Å²) < 4.78 is 0. The van der Waals surface area contributed by atoms with Crippen LogP contribution in [0, 0.1) is 0 Å². The van der Waals surface area contributed by atoms with Gasteiger partial charge in [0.15, 0.2) is 0 Å². The van der Waals surface area contributed by atoms with Gasteiger partial charge in [-0.3, -0.25) is 0 Å². The Kier molecular flexibility index (Phi) is 2.04. The lowest BCUT2D eigenvalue weighted by Crippen LogP contribution is -2.49. The Morgan fingerprint density at radius 3 is 1.14 bits per heavy atom. The van der Waals surface area contributed by atoms with Crippen molar-refractivity contribution in [1.82, 2.24) is 0 Å². The van der Waals surface area contributed by atoms with Crippen LogP contribution in [0.2, 0.25) is 0 Å². The van der Waals surface area contributed by atoms with Crippen molar-refractivity contribution in [3.05, 3.63) is 106 Å². The number of hydrogen-bond donors (Lipinski definition) is 1. The van der Waals surface area contributed by atoms with E-state index in [-0.39, 0.29) is 5.41 Å². The van der Waals surface area contributed by atoms with Crippen LogP contribution in [0.4, 0.5) is 0 Å². The second-order valence-electron chi connectivity index (χ2n) is 6.47. The molecule has 6 rings (SSSR count). The Hall–Kier alpha value is -2.38. The van der Waals surface area contributed by atoms with E-state index in [2.05, 4.69) is 61.5 Å². The van der Waals surface area contributed by atoms with Crippen LogP contribution >= 0.6 is 0 Å². The predicted molar refractivity (Wildman–Crippen MR) is 87.0 cm³/mol. The van der Waals surface area contributed by atoms with Crippen LogP contribution in [0.15, 0.2) is 72.8 Å². The zero-order chi connectivity index (χ0) is 14.9. The second-order valence-corrected chi connectivity index (χ2v) is 6.47. The molecule has 0 saturated heterocycles. The summed E-state index contributed by atoms with van der Waals surface area (Å²) in [6, 6.07) is 24.9. The highest BCUT2D eigenvalue weighted by Gasteiger charge is 2.55. The van der Waals surface area contributed by atoms with E-state index in [1.54, 1.807) is 0 Å². The highest BCUT2D eigenvalue weighted by atomic mass is 16.3. The fraction of sp³-hybridized carbons (Fsp3) is 0.143. The lowest BCUT2D eigenvalue weighted by atomic mass is 9.52. The van der Waals surface area contributed by atoms with E-state index in [9.17, 15) is 5.11 Å². The Morgan fingerprint density at radius 2 is 0.818 bits per heavy atom. The molecule has 0 aromatic heterocycles. The minimum absolute atomic E-state index is 0.200. The van der Waals surface area contributed by atoms with Gasteiger partial charge >= 0.3 is 0 Å². The summed E-state index contributed by atoms with van der Waals surface area (Å²) in [5.74, 6) is 0. The van der Waals surface area contributed by atoms with Crippen LogP contribution in [0.5, 0.6) is 0 Å². The van der Waals surface area contributed by atoms with Crippen LogP contribution in [0.25, 0.3) is 0 Å². The van der Waals surface area contributed by atoms with E-state index in [1.807, 2.05) is 18.2 Å². The molecule has 1 heteroatoms. The molecule has 3 aliphatic rings. The van der Waals surface area contributed by atoms with Gasteiger partial charge in [-0.2, -0.15) is 0 Å². The van der Waals surface area contributed by atoms with Crippen molar-refractivity contribution in [3.63, 3.8) is 0 Å². The molecule has 0 aliphatic heterocycles. The molecule has 0 radical (unpaired) electrons. The molecule has 0 spiro atoms. The van der Waals surface area contributed by atoms with Gasteiger partial charge in [0.1, 0.15) is 5.60 Å². The fourth-order valence-corrected chi connectivity index (χ4v) is 4.57. The van der Waals surface area contributed by atoms with Crippen molar-refractivity contribution in [2.45, 2.75) is 17.9 Å². The maximum absolute atomic E-state index is 11.8. The fourth-order valence-electron chi connectivity index (χ4n) is 4.57. The average molecular weight is 284 g/mol. The smallest absolute Gasteiger partial charge is 0.141 e. The first-order chi connectivity index (χ1) is 10.7. The molecule has 3 aliphatic carbocycles. The van der Waals surface area contributed by atoms with Crippen LogP contribution in [-0.2, 0) is 11.0 Å². The first-order valence-electron chi connectivity index (χ1n) is 7.71. The normalized spacial score (nSPS) is 27.0. The molecule has 106 valence electrons. The summed E-state index contributed by atoms with van der Waals surface area (Å²) in [6.07, 6.45) is 0. The Bertz CT molecular complexity index is 729. The molecule has 1 nitrogen and oxygen atoms in total. The molecule has 0 heterocycles. The lowest BCUT2D eigenvalue weighted by molar-refractivity contribution is 0.108. The first kappa shape index (κ1) is 12.2. The third-order valence-electron chi connectivity index (χ3n) is 5.57. The summed E-state index contributed by atoms with van der Waals surface area (Å²) in [5.41, 5.74) is 5.48. The minimum Gasteiger partial charge on any atom is -0.376 e. The van der Waals surface area contributed by atoms with Crippen molar-refractivity contribution in [2.24, 2.45) is 0 Å². The molecule has 0 atom stereocenters. The molecular weight excluding hydrogens is 268 g/mol. The molecular formula is C21H16O. The first-order valence-corrected chi connectivity index (χ1v) is 7.71. The summed E-state index contributed by atoms with van der Waals surface area (Å²) >= 11 is 0. The summed E-state index contributed by atoms with van der Waals surface area (Å²) in [4.78, 5) is 0. The zero-order valence-electron chi connectivity index (χ0n) is 12.4. The van der Waals surface area contributed by atoms with E-state index < -0.39 is 5.60 Å². The number of aliphatic hydroxyl groups is 1. The van der Waals surface area contributed by atoms with Gasteiger partial charge in [-0.1, -0.05) is 72.8 Å². The summed E-state index contributed by atoms with van der Waals surface area (Å²) in [6.45, 7) is 2.28. The molecule has 0 amide bonds. The van der Waals surface area contributed by atoms with Gasteiger partial charge in [0.2, 0.25) is 0 Å². The van der Waals surface area contributed by atoms with Crippen molar-refractivity contribution in [3.8, 4) is 0 Å². The molecule has 22 heavy (non-hydrogen) atoms. The molecule has 3 aromatic rings. The van der Waals surface area contributed by atoms with Crippen molar-refractivity contribution >= 4 is 0 Å².